The molecule has 10 heteroatoms. The number of benzene rings is 1. The number of phenols is 1. The van der Waals surface area contributed by atoms with Crippen LogP contribution in [-0.2, 0) is 7.05 Å². The Balaban J connectivity index is 1.39. The minimum absolute atomic E-state index is 0.115. The number of aromatic hydroxyl groups is 1. The lowest BCUT2D eigenvalue weighted by Crippen LogP contribution is -2.65. The van der Waals surface area contributed by atoms with E-state index in [1.54, 1.807) is 24.1 Å². The lowest BCUT2D eigenvalue weighted by Gasteiger charge is -2.47. The number of alkyl halides is 1. The summed E-state index contributed by atoms with van der Waals surface area (Å²) in [4.78, 5) is 18.1. The van der Waals surface area contributed by atoms with Crippen LogP contribution in [0.3, 0.4) is 0 Å². The average molecular weight is 483 g/mol. The maximum atomic E-state index is 15.4. The van der Waals surface area contributed by atoms with Crippen LogP contribution < -0.4 is 15.8 Å². The van der Waals surface area contributed by atoms with Crippen molar-refractivity contribution in [3.05, 3.63) is 52.8 Å². The first-order valence-corrected chi connectivity index (χ1v) is 11.6. The molecule has 0 amide bonds. The summed E-state index contributed by atoms with van der Waals surface area (Å²) in [7, 11) is 3.15. The van der Waals surface area contributed by atoms with Crippen molar-refractivity contribution in [1.29, 1.82) is 0 Å². The number of aromatic nitrogens is 4. The fourth-order valence-corrected chi connectivity index (χ4v) is 5.43. The number of phenolic OH excluding ortho intramolecular Hbond substituents is 1. The minimum atomic E-state index is -1.07. The Labute approximate surface area is 201 Å². The van der Waals surface area contributed by atoms with Crippen molar-refractivity contribution in [2.75, 3.05) is 11.9 Å². The second-order valence-corrected chi connectivity index (χ2v) is 10.2. The van der Waals surface area contributed by atoms with E-state index in [0.717, 1.165) is 17.4 Å². The lowest BCUT2D eigenvalue weighted by molar-refractivity contribution is 0.0859. The van der Waals surface area contributed by atoms with Crippen molar-refractivity contribution in [2.45, 2.75) is 56.4 Å². The fourth-order valence-electron chi connectivity index (χ4n) is 5.43. The molecule has 2 aliphatic rings. The van der Waals surface area contributed by atoms with Gasteiger partial charge in [0, 0.05) is 31.2 Å². The first kappa shape index (κ1) is 23.3. The number of rotatable bonds is 4. The quantitative estimate of drug-likeness (QED) is 0.552. The van der Waals surface area contributed by atoms with Crippen LogP contribution in [0.1, 0.15) is 33.1 Å². The number of fused-ring (bicyclic) bond motifs is 2. The Bertz CT molecular complexity index is 1350. The third-order valence-electron chi connectivity index (χ3n) is 7.57. The van der Waals surface area contributed by atoms with Gasteiger partial charge in [-0.2, -0.15) is 4.39 Å². The van der Waals surface area contributed by atoms with E-state index >= 15 is 4.39 Å². The summed E-state index contributed by atoms with van der Waals surface area (Å²) in [5.74, 6) is -0.168. The summed E-state index contributed by atoms with van der Waals surface area (Å²) in [6, 6.07) is 6.82. The van der Waals surface area contributed by atoms with Crippen molar-refractivity contribution < 1.29 is 13.9 Å². The van der Waals surface area contributed by atoms with Gasteiger partial charge < -0.3 is 15.3 Å². The number of hydrogen-bond donors (Lipinski definition) is 2. The molecule has 1 aromatic carbocycles. The Morgan fingerprint density at radius 1 is 1.17 bits per heavy atom. The summed E-state index contributed by atoms with van der Waals surface area (Å²) in [6.07, 6.45) is 2.82. The van der Waals surface area contributed by atoms with Crippen LogP contribution in [0.15, 0.2) is 41.3 Å². The van der Waals surface area contributed by atoms with E-state index < -0.39 is 23.2 Å². The third kappa shape index (κ3) is 3.95. The van der Waals surface area contributed by atoms with Gasteiger partial charge >= 0.3 is 0 Å². The molecule has 8 nitrogen and oxygen atoms in total. The van der Waals surface area contributed by atoms with Crippen molar-refractivity contribution in [1.82, 2.24) is 25.1 Å². The molecule has 0 unspecified atom stereocenters. The van der Waals surface area contributed by atoms with Gasteiger partial charge in [0.1, 0.15) is 11.9 Å². The predicted octanol–water partition coefficient (Wildman–Crippen LogP) is 3.20. The first-order chi connectivity index (χ1) is 16.5. The van der Waals surface area contributed by atoms with Gasteiger partial charge in [-0.25, -0.2) is 9.37 Å². The topological polar surface area (TPSA) is 96.2 Å². The smallest absolute Gasteiger partial charge is 0.253 e. The van der Waals surface area contributed by atoms with Crippen LogP contribution in [0, 0.1) is 5.95 Å². The molecule has 2 saturated heterocycles. The highest BCUT2D eigenvalue weighted by Gasteiger charge is 2.56. The normalized spacial score (nSPS) is 27.7. The van der Waals surface area contributed by atoms with Crippen molar-refractivity contribution >= 4 is 5.82 Å². The molecule has 0 aliphatic carbocycles. The summed E-state index contributed by atoms with van der Waals surface area (Å²) in [6.45, 7) is 4.07. The molecular formula is C25H28F2N6O2. The van der Waals surface area contributed by atoms with Gasteiger partial charge in [-0.1, -0.05) is 6.07 Å². The molecule has 0 saturated carbocycles. The third-order valence-corrected chi connectivity index (χ3v) is 7.57. The summed E-state index contributed by atoms with van der Waals surface area (Å²) >= 11 is 0. The lowest BCUT2D eigenvalue weighted by atomic mass is 9.82. The standard InChI is InChI=1S/C25H28F2N6O2/c1-24-7-8-25(2,31-24)22(27)17(12-24)32(3)20-13-28-23(30-29-20)16-6-5-14(9-18(16)34)15-10-19(26)33(4)21(35)11-15/h5-6,9-11,13,17,22,31,34H,7-8,12H2,1-4H3/t17-,22-,24-,25+/m0/s1. The Hall–Kier alpha value is -3.40. The Morgan fingerprint density at radius 3 is 2.60 bits per heavy atom. The number of halogens is 2. The zero-order valence-corrected chi connectivity index (χ0v) is 20.1. The summed E-state index contributed by atoms with van der Waals surface area (Å²) in [5, 5.41) is 22.5. The van der Waals surface area contributed by atoms with Crippen molar-refractivity contribution in [2.24, 2.45) is 7.05 Å². The number of piperidine rings is 1. The number of hydrogen-bond acceptors (Lipinski definition) is 7. The molecule has 2 aromatic heterocycles. The van der Waals surface area contributed by atoms with E-state index in [9.17, 15) is 14.3 Å². The van der Waals surface area contributed by atoms with Crippen LogP contribution in [-0.4, -0.2) is 55.2 Å². The molecule has 4 atom stereocenters. The van der Waals surface area contributed by atoms with Gasteiger partial charge in [0.15, 0.2) is 17.6 Å². The Morgan fingerprint density at radius 2 is 1.94 bits per heavy atom. The van der Waals surface area contributed by atoms with Crippen molar-refractivity contribution in [3.8, 4) is 28.3 Å². The molecule has 4 heterocycles. The molecule has 3 aromatic rings. The van der Waals surface area contributed by atoms with Gasteiger partial charge in [0.25, 0.3) is 5.56 Å². The van der Waals surface area contributed by atoms with Crippen LogP contribution >= 0.6 is 0 Å². The summed E-state index contributed by atoms with van der Waals surface area (Å²) in [5.41, 5.74) is -0.00626. The molecule has 2 fully saturated rings. The van der Waals surface area contributed by atoms with Crippen LogP contribution in [0.4, 0.5) is 14.6 Å². The van der Waals surface area contributed by atoms with Gasteiger partial charge in [-0.05, 0) is 62.4 Å². The van der Waals surface area contributed by atoms with Gasteiger partial charge in [-0.15, -0.1) is 10.2 Å². The van der Waals surface area contributed by atoms with E-state index in [0.29, 0.717) is 28.9 Å². The largest absolute Gasteiger partial charge is 0.507 e. The molecule has 2 N–H and O–H groups in total. The van der Waals surface area contributed by atoms with E-state index in [-0.39, 0.29) is 23.2 Å². The van der Waals surface area contributed by atoms with Crippen LogP contribution in [0.25, 0.3) is 22.5 Å². The zero-order valence-electron chi connectivity index (χ0n) is 20.1. The number of nitrogens with one attached hydrogen (secondary N) is 1. The van der Waals surface area contributed by atoms with E-state index in [1.165, 1.54) is 31.4 Å². The second-order valence-electron chi connectivity index (χ2n) is 10.2. The number of anilines is 1. The summed E-state index contributed by atoms with van der Waals surface area (Å²) < 4.78 is 30.3. The second kappa shape index (κ2) is 8.08. The van der Waals surface area contributed by atoms with Crippen LogP contribution in [0.5, 0.6) is 5.75 Å². The van der Waals surface area contributed by atoms with Gasteiger partial charge in [0.2, 0.25) is 0 Å². The number of pyridine rings is 1. The first-order valence-electron chi connectivity index (χ1n) is 11.6. The zero-order chi connectivity index (χ0) is 25.1. The predicted molar refractivity (Wildman–Crippen MR) is 128 cm³/mol. The maximum absolute atomic E-state index is 15.4. The highest BCUT2D eigenvalue weighted by Crippen LogP contribution is 2.45. The highest BCUT2D eigenvalue weighted by atomic mass is 19.1. The molecule has 0 spiro atoms. The number of nitrogens with zero attached hydrogens (tertiary/aromatic N) is 5. The average Bonchev–Trinajstić information content (AvgIpc) is 3.11. The fraction of sp³-hybridized carbons (Fsp3) is 0.440. The SMILES string of the molecule is CN(c1cnc(-c2ccc(-c3cc(F)n(C)c(=O)c3)cc2O)nn1)[C@H]1C[C@]2(C)CC[C@@](C)(N2)[C@H]1F. The molecule has 184 valence electrons. The minimum Gasteiger partial charge on any atom is -0.507 e. The molecule has 2 bridgehead atoms. The van der Waals surface area contributed by atoms with E-state index in [2.05, 4.69) is 27.4 Å². The molecular weight excluding hydrogens is 454 g/mol. The molecule has 35 heavy (non-hydrogen) atoms. The van der Waals surface area contributed by atoms with Gasteiger partial charge in [0.05, 0.1) is 17.8 Å². The molecule has 0 radical (unpaired) electrons. The Kier molecular flexibility index (Phi) is 5.39. The van der Waals surface area contributed by atoms with E-state index in [1.807, 2.05) is 6.92 Å². The monoisotopic (exact) mass is 482 g/mol. The molecule has 2 aliphatic heterocycles. The van der Waals surface area contributed by atoms with Gasteiger partial charge in [-0.3, -0.25) is 9.36 Å². The van der Waals surface area contributed by atoms with Crippen molar-refractivity contribution in [3.63, 3.8) is 0 Å². The molecule has 5 rings (SSSR count). The maximum Gasteiger partial charge on any atom is 0.253 e. The van der Waals surface area contributed by atoms with E-state index in [4.69, 9.17) is 0 Å². The highest BCUT2D eigenvalue weighted by molar-refractivity contribution is 5.72. The van der Waals surface area contributed by atoms with Crippen LogP contribution in [0.2, 0.25) is 0 Å².